The summed E-state index contributed by atoms with van der Waals surface area (Å²) in [5.74, 6) is -0.298. The van der Waals surface area contributed by atoms with Gasteiger partial charge in [-0.25, -0.2) is 0 Å². The first-order valence-electron chi connectivity index (χ1n) is 5.65. The second-order valence-electron chi connectivity index (χ2n) is 4.30. The fourth-order valence-corrected chi connectivity index (χ4v) is 1.77. The zero-order chi connectivity index (χ0) is 14.0. The molecule has 0 aliphatic heterocycles. The number of carbonyl (C=O) groups is 1. The van der Waals surface area contributed by atoms with Gasteiger partial charge >= 0.3 is 6.18 Å². The van der Waals surface area contributed by atoms with Gasteiger partial charge in [-0.15, -0.1) is 0 Å². The van der Waals surface area contributed by atoms with Crippen LogP contribution in [-0.4, -0.2) is 24.7 Å². The lowest BCUT2D eigenvalue weighted by Crippen LogP contribution is -2.25. The van der Waals surface area contributed by atoms with E-state index in [1.807, 2.05) is 0 Å². The van der Waals surface area contributed by atoms with Crippen LogP contribution in [0.1, 0.15) is 23.2 Å². The minimum atomic E-state index is -4.41. The summed E-state index contributed by atoms with van der Waals surface area (Å²) in [5.41, 5.74) is 0.285. The van der Waals surface area contributed by atoms with Crippen LogP contribution in [-0.2, 0) is 0 Å². The minimum Gasteiger partial charge on any atom is -0.483 e. The molecule has 1 fully saturated rings. The monoisotopic (exact) mass is 337 g/mol. The first-order chi connectivity index (χ1) is 8.85. The number of alkyl halides is 3. The van der Waals surface area contributed by atoms with E-state index in [2.05, 4.69) is 26.0 Å². The molecule has 1 saturated carbocycles. The SMILES string of the molecule is O=C(NC1CC1)c1ccc(Br)c(OCC(F)(F)F)c1. The summed E-state index contributed by atoms with van der Waals surface area (Å²) >= 11 is 3.09. The van der Waals surface area contributed by atoms with Crippen molar-refractivity contribution in [1.29, 1.82) is 0 Å². The van der Waals surface area contributed by atoms with Crippen molar-refractivity contribution in [3.05, 3.63) is 28.2 Å². The van der Waals surface area contributed by atoms with E-state index < -0.39 is 12.8 Å². The standard InChI is InChI=1S/C12H11BrF3NO2/c13-9-4-1-7(11(18)17-8-2-3-8)5-10(9)19-6-12(14,15)16/h1,4-5,8H,2-3,6H2,(H,17,18). The van der Waals surface area contributed by atoms with Crippen LogP contribution in [0.25, 0.3) is 0 Å². The molecule has 0 heterocycles. The van der Waals surface area contributed by atoms with Gasteiger partial charge in [-0.3, -0.25) is 4.79 Å². The predicted molar refractivity (Wildman–Crippen MR) is 66.2 cm³/mol. The fraction of sp³-hybridized carbons (Fsp3) is 0.417. The van der Waals surface area contributed by atoms with Crippen molar-refractivity contribution >= 4 is 21.8 Å². The van der Waals surface area contributed by atoms with E-state index in [1.165, 1.54) is 18.2 Å². The van der Waals surface area contributed by atoms with Crippen LogP contribution in [0.15, 0.2) is 22.7 Å². The van der Waals surface area contributed by atoms with E-state index in [9.17, 15) is 18.0 Å². The molecular formula is C12H11BrF3NO2. The molecule has 1 aromatic carbocycles. The van der Waals surface area contributed by atoms with Crippen molar-refractivity contribution in [2.45, 2.75) is 25.1 Å². The van der Waals surface area contributed by atoms with Gasteiger partial charge in [-0.2, -0.15) is 13.2 Å². The highest BCUT2D eigenvalue weighted by Crippen LogP contribution is 2.28. The van der Waals surface area contributed by atoms with Crippen LogP contribution >= 0.6 is 15.9 Å². The normalized spacial score (nSPS) is 15.2. The molecule has 0 radical (unpaired) electrons. The Hall–Kier alpha value is -1.24. The molecule has 1 aliphatic carbocycles. The lowest BCUT2D eigenvalue weighted by atomic mass is 10.2. The van der Waals surface area contributed by atoms with Crippen LogP contribution in [0.3, 0.4) is 0 Å². The largest absolute Gasteiger partial charge is 0.483 e. The Kier molecular flexibility index (Phi) is 4.03. The Morgan fingerprint density at radius 2 is 2.11 bits per heavy atom. The molecule has 0 bridgehead atoms. The summed E-state index contributed by atoms with van der Waals surface area (Å²) in [6, 6.07) is 4.51. The Labute approximate surface area is 116 Å². The maximum Gasteiger partial charge on any atom is 0.422 e. The van der Waals surface area contributed by atoms with E-state index >= 15 is 0 Å². The Bertz CT molecular complexity index is 486. The Morgan fingerprint density at radius 1 is 1.42 bits per heavy atom. The highest BCUT2D eigenvalue weighted by atomic mass is 79.9. The summed E-state index contributed by atoms with van der Waals surface area (Å²) in [5, 5.41) is 2.76. The van der Waals surface area contributed by atoms with Crippen molar-refractivity contribution in [2.24, 2.45) is 0 Å². The van der Waals surface area contributed by atoms with Gasteiger partial charge in [0.1, 0.15) is 5.75 Å². The van der Waals surface area contributed by atoms with Gasteiger partial charge in [0.2, 0.25) is 0 Å². The zero-order valence-electron chi connectivity index (χ0n) is 9.76. The number of hydrogen-bond acceptors (Lipinski definition) is 2. The molecule has 0 unspecified atom stereocenters. The molecule has 0 aromatic heterocycles. The van der Waals surface area contributed by atoms with Gasteiger partial charge < -0.3 is 10.1 Å². The number of halogens is 4. The number of benzene rings is 1. The van der Waals surface area contributed by atoms with Gasteiger partial charge in [-0.05, 0) is 47.0 Å². The molecule has 0 atom stereocenters. The molecule has 1 aliphatic rings. The van der Waals surface area contributed by atoms with Gasteiger partial charge in [0.15, 0.2) is 6.61 Å². The molecule has 19 heavy (non-hydrogen) atoms. The van der Waals surface area contributed by atoms with E-state index in [1.54, 1.807) is 0 Å². The molecule has 0 spiro atoms. The number of amides is 1. The summed E-state index contributed by atoms with van der Waals surface area (Å²) in [6.45, 7) is -1.39. The second kappa shape index (κ2) is 5.40. The Balaban J connectivity index is 2.07. The van der Waals surface area contributed by atoms with Crippen LogP contribution in [0, 0.1) is 0 Å². The zero-order valence-corrected chi connectivity index (χ0v) is 11.3. The lowest BCUT2D eigenvalue weighted by Gasteiger charge is -2.12. The van der Waals surface area contributed by atoms with Gasteiger partial charge in [0.05, 0.1) is 4.47 Å². The average Bonchev–Trinajstić information content (AvgIpc) is 3.10. The smallest absolute Gasteiger partial charge is 0.422 e. The van der Waals surface area contributed by atoms with Crippen molar-refractivity contribution in [1.82, 2.24) is 5.32 Å². The van der Waals surface area contributed by atoms with E-state index in [4.69, 9.17) is 0 Å². The van der Waals surface area contributed by atoms with Crippen LogP contribution < -0.4 is 10.1 Å². The van der Waals surface area contributed by atoms with Gasteiger partial charge in [0, 0.05) is 11.6 Å². The molecular weight excluding hydrogens is 327 g/mol. The van der Waals surface area contributed by atoms with E-state index in [-0.39, 0.29) is 23.3 Å². The third-order valence-electron chi connectivity index (χ3n) is 2.50. The molecule has 7 heteroatoms. The maximum absolute atomic E-state index is 12.1. The predicted octanol–water partition coefficient (Wildman–Crippen LogP) is 3.28. The third-order valence-corrected chi connectivity index (χ3v) is 3.15. The average molecular weight is 338 g/mol. The fourth-order valence-electron chi connectivity index (χ4n) is 1.41. The van der Waals surface area contributed by atoms with Crippen LogP contribution in [0.5, 0.6) is 5.75 Å². The molecule has 2 rings (SSSR count). The highest BCUT2D eigenvalue weighted by Gasteiger charge is 2.29. The summed E-state index contributed by atoms with van der Waals surface area (Å²) in [6.07, 6.45) is -2.52. The molecule has 1 aromatic rings. The highest BCUT2D eigenvalue weighted by molar-refractivity contribution is 9.10. The number of nitrogens with one attached hydrogen (secondary N) is 1. The molecule has 104 valence electrons. The lowest BCUT2D eigenvalue weighted by molar-refractivity contribution is -0.153. The van der Waals surface area contributed by atoms with Crippen molar-refractivity contribution in [2.75, 3.05) is 6.61 Å². The number of ether oxygens (including phenoxy) is 1. The number of rotatable bonds is 4. The molecule has 3 nitrogen and oxygen atoms in total. The maximum atomic E-state index is 12.1. The van der Waals surface area contributed by atoms with Gasteiger partial charge in [-0.1, -0.05) is 0 Å². The minimum absolute atomic E-state index is 0.000715. The topological polar surface area (TPSA) is 38.3 Å². The van der Waals surface area contributed by atoms with E-state index in [0.717, 1.165) is 12.8 Å². The molecule has 0 saturated heterocycles. The van der Waals surface area contributed by atoms with Gasteiger partial charge in [0.25, 0.3) is 5.91 Å². The van der Waals surface area contributed by atoms with Crippen LogP contribution in [0.4, 0.5) is 13.2 Å². The number of carbonyl (C=O) groups excluding carboxylic acids is 1. The van der Waals surface area contributed by atoms with E-state index in [0.29, 0.717) is 4.47 Å². The second-order valence-corrected chi connectivity index (χ2v) is 5.15. The van der Waals surface area contributed by atoms with Crippen molar-refractivity contribution in [3.8, 4) is 5.75 Å². The third kappa shape index (κ3) is 4.41. The first kappa shape index (κ1) is 14.2. The summed E-state index contributed by atoms with van der Waals surface area (Å²) in [7, 11) is 0. The first-order valence-corrected chi connectivity index (χ1v) is 6.44. The summed E-state index contributed by atoms with van der Waals surface area (Å²) < 4.78 is 41.3. The molecule has 1 N–H and O–H groups in total. The summed E-state index contributed by atoms with van der Waals surface area (Å²) in [4.78, 5) is 11.8. The Morgan fingerprint density at radius 3 is 2.68 bits per heavy atom. The van der Waals surface area contributed by atoms with Crippen molar-refractivity contribution < 1.29 is 22.7 Å². The van der Waals surface area contributed by atoms with Crippen molar-refractivity contribution in [3.63, 3.8) is 0 Å². The quantitative estimate of drug-likeness (QED) is 0.915. The van der Waals surface area contributed by atoms with Crippen LogP contribution in [0.2, 0.25) is 0 Å². The number of hydrogen-bond donors (Lipinski definition) is 1. The molecule has 1 amide bonds.